The van der Waals surface area contributed by atoms with Crippen molar-refractivity contribution in [2.45, 2.75) is 38.1 Å². The number of nitrogens with zero attached hydrogens (tertiary/aromatic N) is 4. The fourth-order valence-electron chi connectivity index (χ4n) is 3.14. The number of aromatic nitrogens is 4. The third kappa shape index (κ3) is 2.43. The van der Waals surface area contributed by atoms with Gasteiger partial charge in [0.05, 0.1) is 12.2 Å². The van der Waals surface area contributed by atoms with Gasteiger partial charge < -0.3 is 4.74 Å². The van der Waals surface area contributed by atoms with Gasteiger partial charge in [0.15, 0.2) is 0 Å². The summed E-state index contributed by atoms with van der Waals surface area (Å²) in [5.41, 5.74) is 1.74. The number of ether oxygens (including phenoxy) is 1. The zero-order chi connectivity index (χ0) is 14.8. The van der Waals surface area contributed by atoms with Crippen LogP contribution in [0.3, 0.4) is 0 Å². The molecule has 0 spiro atoms. The minimum atomic E-state index is 0.426. The van der Waals surface area contributed by atoms with E-state index in [-0.39, 0.29) is 0 Å². The van der Waals surface area contributed by atoms with E-state index in [4.69, 9.17) is 4.74 Å². The monoisotopic (exact) mass is 294 g/mol. The summed E-state index contributed by atoms with van der Waals surface area (Å²) in [6.45, 7) is 0. The van der Waals surface area contributed by atoms with Crippen LogP contribution in [0.1, 0.15) is 38.1 Å². The standard InChI is InChI=1S/C17H18N4O/c1-3-7-13(8-4-1)21-16-15(11-20-21)18-12-19-17(16)22-14-9-5-2-6-10-14/h2,5-6,9-13H,1,3-4,7-8H2. The molecule has 1 aromatic carbocycles. The molecule has 1 aliphatic rings. The first-order valence-corrected chi connectivity index (χ1v) is 7.83. The Labute approximate surface area is 129 Å². The molecule has 2 heterocycles. The molecule has 5 nitrogen and oxygen atoms in total. The van der Waals surface area contributed by atoms with Gasteiger partial charge in [-0.25, -0.2) is 4.98 Å². The molecule has 5 heteroatoms. The zero-order valence-corrected chi connectivity index (χ0v) is 12.4. The second-order valence-corrected chi connectivity index (χ2v) is 5.71. The van der Waals surface area contributed by atoms with Gasteiger partial charge in [0.2, 0.25) is 5.88 Å². The van der Waals surface area contributed by atoms with Crippen LogP contribution in [0.15, 0.2) is 42.9 Å². The first-order valence-electron chi connectivity index (χ1n) is 7.83. The largest absolute Gasteiger partial charge is 0.437 e. The maximum absolute atomic E-state index is 5.97. The summed E-state index contributed by atoms with van der Waals surface area (Å²) in [6.07, 6.45) is 9.51. The van der Waals surface area contributed by atoms with Crippen molar-refractivity contribution in [2.24, 2.45) is 0 Å². The van der Waals surface area contributed by atoms with Crippen LogP contribution in [0.2, 0.25) is 0 Å². The Balaban J connectivity index is 1.76. The molecule has 0 amide bonds. The quantitative estimate of drug-likeness (QED) is 0.729. The van der Waals surface area contributed by atoms with E-state index in [1.165, 1.54) is 25.6 Å². The highest BCUT2D eigenvalue weighted by atomic mass is 16.5. The summed E-state index contributed by atoms with van der Waals surface area (Å²) < 4.78 is 8.03. The van der Waals surface area contributed by atoms with Gasteiger partial charge in [-0.2, -0.15) is 10.1 Å². The van der Waals surface area contributed by atoms with Crippen molar-refractivity contribution in [3.63, 3.8) is 0 Å². The van der Waals surface area contributed by atoms with E-state index in [1.54, 1.807) is 0 Å². The molecule has 112 valence electrons. The molecule has 0 saturated heterocycles. The minimum Gasteiger partial charge on any atom is -0.437 e. The van der Waals surface area contributed by atoms with Gasteiger partial charge in [0.1, 0.15) is 23.1 Å². The second-order valence-electron chi connectivity index (χ2n) is 5.71. The zero-order valence-electron chi connectivity index (χ0n) is 12.4. The average molecular weight is 294 g/mol. The third-order valence-electron chi connectivity index (χ3n) is 4.23. The fourth-order valence-corrected chi connectivity index (χ4v) is 3.14. The topological polar surface area (TPSA) is 52.8 Å². The molecule has 22 heavy (non-hydrogen) atoms. The maximum Gasteiger partial charge on any atom is 0.248 e. The van der Waals surface area contributed by atoms with Gasteiger partial charge in [0.25, 0.3) is 0 Å². The minimum absolute atomic E-state index is 0.426. The summed E-state index contributed by atoms with van der Waals surface area (Å²) in [5.74, 6) is 1.36. The van der Waals surface area contributed by atoms with Crippen LogP contribution in [0.5, 0.6) is 11.6 Å². The van der Waals surface area contributed by atoms with E-state index in [2.05, 4.69) is 19.7 Å². The number of fused-ring (bicyclic) bond motifs is 1. The van der Waals surface area contributed by atoms with Crippen molar-refractivity contribution in [3.8, 4) is 11.6 Å². The molecule has 0 N–H and O–H groups in total. The van der Waals surface area contributed by atoms with Crippen LogP contribution < -0.4 is 4.74 Å². The number of rotatable bonds is 3. The van der Waals surface area contributed by atoms with Crippen LogP contribution in [-0.2, 0) is 0 Å². The predicted octanol–water partition coefficient (Wildman–Crippen LogP) is 4.12. The number of hydrogen-bond donors (Lipinski definition) is 0. The van der Waals surface area contributed by atoms with E-state index in [1.807, 2.05) is 36.5 Å². The van der Waals surface area contributed by atoms with E-state index in [0.717, 1.165) is 29.6 Å². The van der Waals surface area contributed by atoms with Gasteiger partial charge >= 0.3 is 0 Å². The Morgan fingerprint density at radius 3 is 2.64 bits per heavy atom. The van der Waals surface area contributed by atoms with Crippen molar-refractivity contribution in [2.75, 3.05) is 0 Å². The first kappa shape index (κ1) is 13.2. The number of para-hydroxylation sites is 1. The smallest absolute Gasteiger partial charge is 0.248 e. The predicted molar refractivity (Wildman–Crippen MR) is 84.0 cm³/mol. The van der Waals surface area contributed by atoms with Crippen LogP contribution in [0.25, 0.3) is 11.0 Å². The van der Waals surface area contributed by atoms with Crippen molar-refractivity contribution in [1.29, 1.82) is 0 Å². The van der Waals surface area contributed by atoms with Gasteiger partial charge in [-0.3, -0.25) is 4.68 Å². The molecule has 1 fully saturated rings. The third-order valence-corrected chi connectivity index (χ3v) is 4.23. The Hall–Kier alpha value is -2.43. The average Bonchev–Trinajstić information content (AvgIpc) is 3.02. The summed E-state index contributed by atoms with van der Waals surface area (Å²) in [7, 11) is 0. The molecule has 1 aliphatic carbocycles. The van der Waals surface area contributed by atoms with E-state index >= 15 is 0 Å². The highest BCUT2D eigenvalue weighted by Crippen LogP contribution is 2.33. The molecule has 0 unspecified atom stereocenters. The lowest BCUT2D eigenvalue weighted by atomic mass is 9.95. The van der Waals surface area contributed by atoms with Crippen LogP contribution >= 0.6 is 0 Å². The molecule has 2 aromatic heterocycles. The Morgan fingerprint density at radius 2 is 1.82 bits per heavy atom. The molecule has 0 atom stereocenters. The Kier molecular flexibility index (Phi) is 3.46. The van der Waals surface area contributed by atoms with Crippen molar-refractivity contribution in [1.82, 2.24) is 19.7 Å². The molecule has 3 aromatic rings. The lowest BCUT2D eigenvalue weighted by Gasteiger charge is -2.23. The molecular weight excluding hydrogens is 276 g/mol. The molecule has 1 saturated carbocycles. The lowest BCUT2D eigenvalue weighted by molar-refractivity contribution is 0.334. The molecule has 0 aliphatic heterocycles. The van der Waals surface area contributed by atoms with E-state index < -0.39 is 0 Å². The highest BCUT2D eigenvalue weighted by molar-refractivity contribution is 5.79. The number of hydrogen-bond acceptors (Lipinski definition) is 4. The molecule has 4 rings (SSSR count). The normalized spacial score (nSPS) is 16.0. The summed E-state index contributed by atoms with van der Waals surface area (Å²) in [5, 5.41) is 4.56. The molecule has 0 bridgehead atoms. The van der Waals surface area contributed by atoms with Crippen molar-refractivity contribution >= 4 is 11.0 Å². The van der Waals surface area contributed by atoms with Crippen molar-refractivity contribution in [3.05, 3.63) is 42.9 Å². The fraction of sp³-hybridized carbons (Fsp3) is 0.353. The van der Waals surface area contributed by atoms with Crippen LogP contribution in [0, 0.1) is 0 Å². The first-order chi connectivity index (χ1) is 10.9. The van der Waals surface area contributed by atoms with Crippen LogP contribution in [-0.4, -0.2) is 19.7 Å². The maximum atomic E-state index is 5.97. The van der Waals surface area contributed by atoms with Gasteiger partial charge in [-0.05, 0) is 25.0 Å². The molecular formula is C17H18N4O. The van der Waals surface area contributed by atoms with Gasteiger partial charge in [0, 0.05) is 0 Å². The van der Waals surface area contributed by atoms with Crippen molar-refractivity contribution < 1.29 is 4.74 Å². The van der Waals surface area contributed by atoms with Gasteiger partial charge in [-0.15, -0.1) is 0 Å². The van der Waals surface area contributed by atoms with Crippen LogP contribution in [0.4, 0.5) is 0 Å². The SMILES string of the molecule is c1ccc(Oc2ncnc3cnn(C4CCCCC4)c23)cc1. The summed E-state index contributed by atoms with van der Waals surface area (Å²) in [6, 6.07) is 10.1. The Morgan fingerprint density at radius 1 is 1.00 bits per heavy atom. The van der Waals surface area contributed by atoms with E-state index in [0.29, 0.717) is 11.9 Å². The Bertz CT molecular complexity index is 763. The highest BCUT2D eigenvalue weighted by Gasteiger charge is 2.21. The summed E-state index contributed by atoms with van der Waals surface area (Å²) >= 11 is 0. The molecule has 0 radical (unpaired) electrons. The number of benzene rings is 1. The van der Waals surface area contributed by atoms with Gasteiger partial charge in [-0.1, -0.05) is 37.5 Å². The second kappa shape index (κ2) is 5.75. The summed E-state index contributed by atoms with van der Waals surface area (Å²) in [4.78, 5) is 8.66. The van der Waals surface area contributed by atoms with E-state index in [9.17, 15) is 0 Å². The lowest BCUT2D eigenvalue weighted by Crippen LogP contribution is -2.14.